The lowest BCUT2D eigenvalue weighted by Gasteiger charge is -2.21. The summed E-state index contributed by atoms with van der Waals surface area (Å²) < 4.78 is 23.0. The highest BCUT2D eigenvalue weighted by Crippen LogP contribution is 2.32. The molecule has 0 radical (unpaired) electrons. The largest absolute Gasteiger partial charge is 0.493 e. The van der Waals surface area contributed by atoms with Crippen LogP contribution < -0.4 is 20.1 Å². The van der Waals surface area contributed by atoms with Crippen LogP contribution in [-0.4, -0.2) is 58.7 Å². The van der Waals surface area contributed by atoms with Gasteiger partial charge in [-0.2, -0.15) is 0 Å². The number of guanidine groups is 1. The van der Waals surface area contributed by atoms with Crippen LogP contribution in [0.25, 0.3) is 0 Å². The number of aliphatic imine (C=N–C) groups is 1. The van der Waals surface area contributed by atoms with Gasteiger partial charge in [0.15, 0.2) is 17.5 Å². The number of hydrogen-bond donors (Lipinski definition) is 2. The van der Waals surface area contributed by atoms with E-state index in [9.17, 15) is 0 Å². The number of benzene rings is 1. The van der Waals surface area contributed by atoms with E-state index in [1.165, 1.54) is 12.8 Å². The lowest BCUT2D eigenvalue weighted by molar-refractivity contribution is 0.0203. The summed E-state index contributed by atoms with van der Waals surface area (Å²) in [6, 6.07) is 6.09. The quantitative estimate of drug-likeness (QED) is 0.288. The summed E-state index contributed by atoms with van der Waals surface area (Å²) >= 11 is 0. The van der Waals surface area contributed by atoms with Crippen molar-refractivity contribution in [3.05, 3.63) is 23.8 Å². The van der Waals surface area contributed by atoms with E-state index in [-0.39, 0.29) is 0 Å². The minimum atomic E-state index is 0.301. The predicted molar refractivity (Wildman–Crippen MR) is 128 cm³/mol. The summed E-state index contributed by atoms with van der Waals surface area (Å²) in [6.45, 7) is 7.68. The zero-order valence-corrected chi connectivity index (χ0v) is 19.9. The molecule has 1 aliphatic carbocycles. The van der Waals surface area contributed by atoms with Crippen molar-refractivity contribution in [1.29, 1.82) is 0 Å². The monoisotopic (exact) mass is 447 g/mol. The molecule has 3 rings (SSSR count). The topological polar surface area (TPSA) is 73.3 Å². The summed E-state index contributed by atoms with van der Waals surface area (Å²) in [7, 11) is 1.69. The SMILES string of the molecule is CCNC(=NCc1ccc(OC)c(OC2CCCC2)c1)NCCCOCC1CCOCC1. The van der Waals surface area contributed by atoms with Gasteiger partial charge in [-0.25, -0.2) is 4.99 Å². The number of hydrogen-bond acceptors (Lipinski definition) is 5. The standard InChI is InChI=1S/C25H41N3O4/c1-3-26-25(27-13-6-14-31-19-20-11-15-30-16-12-20)28-18-21-9-10-23(29-2)24(17-21)32-22-7-4-5-8-22/h9-10,17,20,22H,3-8,11-16,18-19H2,1-2H3,(H2,26,27,28). The van der Waals surface area contributed by atoms with Crippen LogP contribution in [0.5, 0.6) is 11.5 Å². The van der Waals surface area contributed by atoms with Gasteiger partial charge in [0, 0.05) is 39.5 Å². The second-order valence-electron chi connectivity index (χ2n) is 8.62. The van der Waals surface area contributed by atoms with Crippen LogP contribution in [0, 0.1) is 5.92 Å². The first-order valence-corrected chi connectivity index (χ1v) is 12.3. The van der Waals surface area contributed by atoms with Crippen LogP contribution in [0.1, 0.15) is 57.4 Å². The molecule has 0 amide bonds. The number of ether oxygens (including phenoxy) is 4. The summed E-state index contributed by atoms with van der Waals surface area (Å²) in [5.74, 6) is 3.09. The van der Waals surface area contributed by atoms with Crippen molar-refractivity contribution in [3.8, 4) is 11.5 Å². The lowest BCUT2D eigenvalue weighted by atomic mass is 10.0. The van der Waals surface area contributed by atoms with E-state index in [0.29, 0.717) is 18.6 Å². The van der Waals surface area contributed by atoms with Crippen molar-refractivity contribution in [2.75, 3.05) is 46.6 Å². The second-order valence-corrected chi connectivity index (χ2v) is 8.62. The van der Waals surface area contributed by atoms with Crippen LogP contribution in [-0.2, 0) is 16.0 Å². The molecular weight excluding hydrogens is 406 g/mol. The van der Waals surface area contributed by atoms with E-state index in [2.05, 4.69) is 29.7 Å². The van der Waals surface area contributed by atoms with Crippen LogP contribution >= 0.6 is 0 Å². The molecule has 1 saturated heterocycles. The first-order chi connectivity index (χ1) is 15.8. The van der Waals surface area contributed by atoms with Crippen LogP contribution in [0.15, 0.2) is 23.2 Å². The maximum Gasteiger partial charge on any atom is 0.191 e. The van der Waals surface area contributed by atoms with E-state index in [0.717, 1.165) is 94.6 Å². The number of methoxy groups -OCH3 is 1. The molecule has 1 aliphatic heterocycles. The average Bonchev–Trinajstić information content (AvgIpc) is 3.33. The Labute approximate surface area is 193 Å². The van der Waals surface area contributed by atoms with Gasteiger partial charge >= 0.3 is 0 Å². The van der Waals surface area contributed by atoms with E-state index in [4.69, 9.17) is 23.9 Å². The van der Waals surface area contributed by atoms with E-state index < -0.39 is 0 Å². The molecule has 180 valence electrons. The van der Waals surface area contributed by atoms with Gasteiger partial charge in [-0.3, -0.25) is 0 Å². The van der Waals surface area contributed by atoms with E-state index in [1.54, 1.807) is 7.11 Å². The average molecular weight is 448 g/mol. The van der Waals surface area contributed by atoms with Gasteiger partial charge in [-0.1, -0.05) is 6.07 Å². The fourth-order valence-corrected chi connectivity index (χ4v) is 4.15. The minimum absolute atomic E-state index is 0.301. The zero-order valence-electron chi connectivity index (χ0n) is 19.9. The van der Waals surface area contributed by atoms with Crippen LogP contribution in [0.2, 0.25) is 0 Å². The Bertz CT molecular complexity index is 686. The van der Waals surface area contributed by atoms with Crippen molar-refractivity contribution in [2.45, 2.75) is 64.5 Å². The molecule has 7 nitrogen and oxygen atoms in total. The Morgan fingerprint density at radius 1 is 1.09 bits per heavy atom. The molecule has 0 bridgehead atoms. The van der Waals surface area contributed by atoms with Gasteiger partial charge in [-0.05, 0) is 75.5 Å². The Morgan fingerprint density at radius 2 is 1.91 bits per heavy atom. The number of nitrogens with one attached hydrogen (secondary N) is 2. The molecule has 1 saturated carbocycles. The summed E-state index contributed by atoms with van der Waals surface area (Å²) in [4.78, 5) is 4.75. The Morgan fingerprint density at radius 3 is 2.66 bits per heavy atom. The summed E-state index contributed by atoms with van der Waals surface area (Å²) in [6.07, 6.45) is 8.23. The fraction of sp³-hybridized carbons (Fsp3) is 0.720. The van der Waals surface area contributed by atoms with Gasteiger partial charge in [0.05, 0.1) is 19.8 Å². The van der Waals surface area contributed by atoms with Gasteiger partial charge in [0.25, 0.3) is 0 Å². The summed E-state index contributed by atoms with van der Waals surface area (Å²) in [5, 5.41) is 6.73. The minimum Gasteiger partial charge on any atom is -0.493 e. The smallest absolute Gasteiger partial charge is 0.191 e. The third-order valence-corrected chi connectivity index (χ3v) is 6.04. The lowest BCUT2D eigenvalue weighted by Crippen LogP contribution is -2.38. The first kappa shape index (κ1) is 24.6. The molecule has 1 heterocycles. The molecule has 2 N–H and O–H groups in total. The van der Waals surface area contributed by atoms with Crippen molar-refractivity contribution < 1.29 is 18.9 Å². The third kappa shape index (κ3) is 8.51. The maximum atomic E-state index is 6.21. The molecule has 1 aromatic rings. The van der Waals surface area contributed by atoms with Crippen LogP contribution in [0.3, 0.4) is 0 Å². The molecule has 2 aliphatic rings. The molecule has 1 aromatic carbocycles. The molecule has 7 heteroatoms. The molecule has 32 heavy (non-hydrogen) atoms. The zero-order chi connectivity index (χ0) is 22.4. The number of rotatable bonds is 12. The van der Waals surface area contributed by atoms with Crippen molar-refractivity contribution in [1.82, 2.24) is 10.6 Å². The molecule has 2 fully saturated rings. The molecule has 0 spiro atoms. The van der Waals surface area contributed by atoms with Gasteiger partial charge in [0.2, 0.25) is 0 Å². The second kappa shape index (κ2) is 14.2. The highest BCUT2D eigenvalue weighted by atomic mass is 16.5. The fourth-order valence-electron chi connectivity index (χ4n) is 4.15. The Kier molecular flexibility index (Phi) is 11.0. The third-order valence-electron chi connectivity index (χ3n) is 6.04. The molecular formula is C25H41N3O4. The highest BCUT2D eigenvalue weighted by molar-refractivity contribution is 5.79. The van der Waals surface area contributed by atoms with E-state index >= 15 is 0 Å². The van der Waals surface area contributed by atoms with Crippen molar-refractivity contribution >= 4 is 5.96 Å². The summed E-state index contributed by atoms with van der Waals surface area (Å²) in [5.41, 5.74) is 1.11. The molecule has 0 atom stereocenters. The van der Waals surface area contributed by atoms with Crippen molar-refractivity contribution in [2.24, 2.45) is 10.9 Å². The maximum absolute atomic E-state index is 6.21. The predicted octanol–water partition coefficient (Wildman–Crippen LogP) is 3.91. The normalized spacial score (nSPS) is 18.0. The number of nitrogens with zero attached hydrogens (tertiary/aromatic N) is 1. The van der Waals surface area contributed by atoms with E-state index in [1.807, 2.05) is 6.07 Å². The van der Waals surface area contributed by atoms with Crippen LogP contribution in [0.4, 0.5) is 0 Å². The Balaban J connectivity index is 1.43. The molecule has 0 aromatic heterocycles. The van der Waals surface area contributed by atoms with Gasteiger partial charge in [-0.15, -0.1) is 0 Å². The Hall–Kier alpha value is -1.99. The van der Waals surface area contributed by atoms with Crippen molar-refractivity contribution in [3.63, 3.8) is 0 Å². The van der Waals surface area contributed by atoms with Gasteiger partial charge in [0.1, 0.15) is 0 Å². The molecule has 0 unspecified atom stereocenters. The first-order valence-electron chi connectivity index (χ1n) is 12.3. The highest BCUT2D eigenvalue weighted by Gasteiger charge is 2.18. The van der Waals surface area contributed by atoms with Gasteiger partial charge < -0.3 is 29.6 Å².